The van der Waals surface area contributed by atoms with Gasteiger partial charge in [0, 0.05) is 18.6 Å². The van der Waals surface area contributed by atoms with Gasteiger partial charge in [-0.3, -0.25) is 0 Å². The SMILES string of the molecule is COc1ccc(CNC2CCC(N)CC2)cc1Cl. The zero-order valence-corrected chi connectivity index (χ0v) is 11.5. The van der Waals surface area contributed by atoms with Crippen molar-refractivity contribution in [1.29, 1.82) is 0 Å². The predicted molar refractivity (Wildman–Crippen MR) is 75.1 cm³/mol. The van der Waals surface area contributed by atoms with Gasteiger partial charge in [-0.15, -0.1) is 0 Å². The summed E-state index contributed by atoms with van der Waals surface area (Å²) in [5.41, 5.74) is 7.09. The van der Waals surface area contributed by atoms with Crippen molar-refractivity contribution in [2.75, 3.05) is 7.11 Å². The normalized spacial score (nSPS) is 23.9. The summed E-state index contributed by atoms with van der Waals surface area (Å²) in [6.07, 6.45) is 4.60. The summed E-state index contributed by atoms with van der Waals surface area (Å²) in [7, 11) is 1.63. The lowest BCUT2D eigenvalue weighted by Crippen LogP contribution is -2.37. The first-order valence-electron chi connectivity index (χ1n) is 6.50. The van der Waals surface area contributed by atoms with Crippen molar-refractivity contribution < 1.29 is 4.74 Å². The van der Waals surface area contributed by atoms with Gasteiger partial charge in [0.25, 0.3) is 0 Å². The Labute approximate surface area is 114 Å². The third kappa shape index (κ3) is 3.61. The number of methoxy groups -OCH3 is 1. The van der Waals surface area contributed by atoms with Gasteiger partial charge in [-0.25, -0.2) is 0 Å². The van der Waals surface area contributed by atoms with Gasteiger partial charge in [-0.1, -0.05) is 17.7 Å². The van der Waals surface area contributed by atoms with Crippen LogP contribution >= 0.6 is 11.6 Å². The minimum atomic E-state index is 0.401. The molecule has 0 bridgehead atoms. The van der Waals surface area contributed by atoms with E-state index in [1.165, 1.54) is 18.4 Å². The highest BCUT2D eigenvalue weighted by atomic mass is 35.5. The maximum absolute atomic E-state index is 6.10. The molecule has 3 nitrogen and oxygen atoms in total. The minimum absolute atomic E-state index is 0.401. The quantitative estimate of drug-likeness (QED) is 0.883. The van der Waals surface area contributed by atoms with Gasteiger partial charge >= 0.3 is 0 Å². The van der Waals surface area contributed by atoms with Crippen LogP contribution in [-0.2, 0) is 6.54 Å². The number of nitrogens with one attached hydrogen (secondary N) is 1. The fraction of sp³-hybridized carbons (Fsp3) is 0.571. The standard InChI is InChI=1S/C14H21ClN2O/c1-18-14-7-2-10(8-13(14)15)9-17-12-5-3-11(16)4-6-12/h2,7-8,11-12,17H,3-6,9,16H2,1H3. The molecule has 100 valence electrons. The van der Waals surface area contributed by atoms with E-state index in [9.17, 15) is 0 Å². The number of nitrogens with two attached hydrogens (primary N) is 1. The van der Waals surface area contributed by atoms with Crippen molar-refractivity contribution in [2.24, 2.45) is 5.73 Å². The molecule has 0 atom stereocenters. The molecule has 1 aliphatic carbocycles. The summed E-state index contributed by atoms with van der Waals surface area (Å²) in [5.74, 6) is 0.726. The largest absolute Gasteiger partial charge is 0.495 e. The first-order valence-corrected chi connectivity index (χ1v) is 6.88. The van der Waals surface area contributed by atoms with E-state index >= 15 is 0 Å². The monoisotopic (exact) mass is 268 g/mol. The lowest BCUT2D eigenvalue weighted by molar-refractivity contribution is 0.341. The number of hydrogen-bond acceptors (Lipinski definition) is 3. The van der Waals surface area contributed by atoms with E-state index < -0.39 is 0 Å². The summed E-state index contributed by atoms with van der Waals surface area (Å²) in [5, 5.41) is 4.24. The Morgan fingerprint density at radius 2 is 2.06 bits per heavy atom. The van der Waals surface area contributed by atoms with Crippen LogP contribution < -0.4 is 15.8 Å². The highest BCUT2D eigenvalue weighted by Crippen LogP contribution is 2.25. The van der Waals surface area contributed by atoms with E-state index in [0.29, 0.717) is 17.1 Å². The molecule has 0 heterocycles. The second-order valence-electron chi connectivity index (χ2n) is 4.96. The fourth-order valence-electron chi connectivity index (χ4n) is 2.41. The van der Waals surface area contributed by atoms with E-state index in [-0.39, 0.29) is 0 Å². The molecule has 0 aromatic heterocycles. The maximum Gasteiger partial charge on any atom is 0.137 e. The highest BCUT2D eigenvalue weighted by Gasteiger charge is 2.17. The van der Waals surface area contributed by atoms with Crippen LogP contribution in [0.1, 0.15) is 31.2 Å². The molecule has 3 N–H and O–H groups in total. The lowest BCUT2D eigenvalue weighted by Gasteiger charge is -2.27. The minimum Gasteiger partial charge on any atom is -0.495 e. The maximum atomic E-state index is 6.10. The van der Waals surface area contributed by atoms with Crippen LogP contribution in [0.5, 0.6) is 5.75 Å². The Morgan fingerprint density at radius 3 is 2.67 bits per heavy atom. The van der Waals surface area contributed by atoms with Gasteiger partial charge in [-0.2, -0.15) is 0 Å². The van der Waals surface area contributed by atoms with Crippen molar-refractivity contribution in [3.63, 3.8) is 0 Å². The Morgan fingerprint density at radius 1 is 1.33 bits per heavy atom. The van der Waals surface area contributed by atoms with Crippen LogP contribution in [0, 0.1) is 0 Å². The average molecular weight is 269 g/mol. The fourth-order valence-corrected chi connectivity index (χ4v) is 2.69. The van der Waals surface area contributed by atoms with Gasteiger partial charge in [0.1, 0.15) is 5.75 Å². The molecular formula is C14H21ClN2O. The number of hydrogen-bond donors (Lipinski definition) is 2. The molecule has 1 aromatic carbocycles. The number of ether oxygens (including phenoxy) is 1. The van der Waals surface area contributed by atoms with Crippen molar-refractivity contribution >= 4 is 11.6 Å². The van der Waals surface area contributed by atoms with E-state index in [4.69, 9.17) is 22.1 Å². The average Bonchev–Trinajstić information content (AvgIpc) is 2.38. The molecule has 1 fully saturated rings. The van der Waals surface area contributed by atoms with E-state index in [0.717, 1.165) is 25.1 Å². The van der Waals surface area contributed by atoms with E-state index in [2.05, 4.69) is 5.32 Å². The summed E-state index contributed by atoms with van der Waals surface area (Å²) in [4.78, 5) is 0. The third-order valence-corrected chi connectivity index (χ3v) is 3.88. The Bertz CT molecular complexity index is 389. The Hall–Kier alpha value is -0.770. The van der Waals surface area contributed by atoms with Crippen molar-refractivity contribution in [3.05, 3.63) is 28.8 Å². The molecule has 18 heavy (non-hydrogen) atoms. The van der Waals surface area contributed by atoms with Crippen molar-refractivity contribution in [2.45, 2.75) is 44.3 Å². The van der Waals surface area contributed by atoms with Gasteiger partial charge in [0.05, 0.1) is 12.1 Å². The van der Waals surface area contributed by atoms with Crippen LogP contribution in [0.2, 0.25) is 5.02 Å². The molecule has 0 spiro atoms. The Kier molecular flexibility index (Phi) is 4.87. The van der Waals surface area contributed by atoms with Gasteiger partial charge in [-0.05, 0) is 43.4 Å². The molecule has 0 amide bonds. The van der Waals surface area contributed by atoms with Crippen LogP contribution in [0.15, 0.2) is 18.2 Å². The van der Waals surface area contributed by atoms with E-state index in [1.54, 1.807) is 7.11 Å². The van der Waals surface area contributed by atoms with E-state index in [1.807, 2.05) is 18.2 Å². The van der Waals surface area contributed by atoms with Gasteiger partial charge in [0.15, 0.2) is 0 Å². The third-order valence-electron chi connectivity index (χ3n) is 3.58. The molecule has 0 radical (unpaired) electrons. The summed E-state index contributed by atoms with van der Waals surface area (Å²) >= 11 is 6.10. The molecule has 1 aliphatic rings. The molecule has 2 rings (SSSR count). The van der Waals surface area contributed by atoms with Gasteiger partial charge in [0.2, 0.25) is 0 Å². The first kappa shape index (κ1) is 13.7. The van der Waals surface area contributed by atoms with Gasteiger partial charge < -0.3 is 15.8 Å². The molecule has 0 saturated heterocycles. The summed E-state index contributed by atoms with van der Waals surface area (Å²) in [6.45, 7) is 0.851. The molecule has 0 unspecified atom stereocenters. The van der Waals surface area contributed by atoms with Crippen LogP contribution in [-0.4, -0.2) is 19.2 Å². The molecule has 0 aliphatic heterocycles. The Balaban J connectivity index is 1.84. The molecular weight excluding hydrogens is 248 g/mol. The van der Waals surface area contributed by atoms with Crippen molar-refractivity contribution in [3.8, 4) is 5.75 Å². The lowest BCUT2D eigenvalue weighted by atomic mass is 9.92. The smallest absolute Gasteiger partial charge is 0.137 e. The summed E-state index contributed by atoms with van der Waals surface area (Å²) in [6, 6.07) is 6.91. The number of rotatable bonds is 4. The highest BCUT2D eigenvalue weighted by molar-refractivity contribution is 6.32. The van der Waals surface area contributed by atoms with Crippen molar-refractivity contribution in [1.82, 2.24) is 5.32 Å². The van der Waals surface area contributed by atoms with Crippen LogP contribution in [0.4, 0.5) is 0 Å². The molecule has 1 saturated carbocycles. The second kappa shape index (κ2) is 6.41. The van der Waals surface area contributed by atoms with Crippen LogP contribution in [0.3, 0.4) is 0 Å². The zero-order chi connectivity index (χ0) is 13.0. The molecule has 4 heteroatoms. The second-order valence-corrected chi connectivity index (χ2v) is 5.37. The molecule has 1 aromatic rings. The summed E-state index contributed by atoms with van der Waals surface area (Å²) < 4.78 is 5.14. The number of benzene rings is 1. The van der Waals surface area contributed by atoms with Crippen LogP contribution in [0.25, 0.3) is 0 Å². The zero-order valence-electron chi connectivity index (χ0n) is 10.8. The topological polar surface area (TPSA) is 47.3 Å². The predicted octanol–water partition coefficient (Wildman–Crippen LogP) is 2.71. The number of halogens is 1. The first-order chi connectivity index (χ1) is 8.69.